The molecule has 4 atom stereocenters. The lowest BCUT2D eigenvalue weighted by Crippen LogP contribution is -2.59. The lowest BCUT2D eigenvalue weighted by Gasteiger charge is -2.48. The van der Waals surface area contributed by atoms with Gasteiger partial charge in [0.25, 0.3) is 0 Å². The van der Waals surface area contributed by atoms with Gasteiger partial charge in [0.1, 0.15) is 5.60 Å². The molecule has 186 valence electrons. The van der Waals surface area contributed by atoms with Crippen LogP contribution in [0.2, 0.25) is 18.1 Å². The summed E-state index contributed by atoms with van der Waals surface area (Å²) < 4.78 is 17.6. The van der Waals surface area contributed by atoms with E-state index in [1.54, 1.807) is 0 Å². The zero-order valence-electron chi connectivity index (χ0n) is 21.9. The van der Waals surface area contributed by atoms with Crippen LogP contribution < -0.4 is 5.32 Å². The second-order valence-electron chi connectivity index (χ2n) is 11.7. The van der Waals surface area contributed by atoms with E-state index < -0.39 is 20.0 Å². The molecule has 33 heavy (non-hydrogen) atoms. The maximum atomic E-state index is 12.9. The average Bonchev–Trinajstić information content (AvgIpc) is 2.64. The van der Waals surface area contributed by atoms with Crippen molar-refractivity contribution in [2.75, 3.05) is 7.11 Å². The third-order valence-corrected chi connectivity index (χ3v) is 11.4. The van der Waals surface area contributed by atoms with Gasteiger partial charge in [-0.25, -0.2) is 4.79 Å². The highest BCUT2D eigenvalue weighted by atomic mass is 28.4. The summed E-state index contributed by atoms with van der Waals surface area (Å²) in [6.45, 7) is 16.6. The number of hydrogen-bond donors (Lipinski definition) is 1. The second kappa shape index (κ2) is 10.6. The van der Waals surface area contributed by atoms with E-state index in [0.717, 1.165) is 18.4 Å². The molecule has 6 nitrogen and oxygen atoms in total. The molecule has 0 aromatic heterocycles. The number of amides is 1. The summed E-state index contributed by atoms with van der Waals surface area (Å²) in [6.07, 6.45) is 1.43. The van der Waals surface area contributed by atoms with E-state index >= 15 is 0 Å². The summed E-state index contributed by atoms with van der Waals surface area (Å²) in [7, 11) is -0.777. The van der Waals surface area contributed by atoms with Gasteiger partial charge >= 0.3 is 12.1 Å². The highest BCUT2D eigenvalue weighted by Gasteiger charge is 2.49. The van der Waals surface area contributed by atoms with E-state index in [4.69, 9.17) is 13.9 Å². The van der Waals surface area contributed by atoms with Crippen molar-refractivity contribution in [3.05, 3.63) is 35.9 Å². The second-order valence-corrected chi connectivity index (χ2v) is 16.4. The van der Waals surface area contributed by atoms with Crippen molar-refractivity contribution in [3.8, 4) is 0 Å². The Morgan fingerprint density at radius 3 is 2.12 bits per heavy atom. The molecule has 1 aromatic carbocycles. The lowest BCUT2D eigenvalue weighted by molar-refractivity contribution is -0.155. The maximum Gasteiger partial charge on any atom is 0.407 e. The number of rotatable bonds is 8. The van der Waals surface area contributed by atoms with E-state index in [1.165, 1.54) is 7.11 Å². The fourth-order valence-corrected chi connectivity index (χ4v) is 5.30. The first kappa shape index (κ1) is 27.4. The van der Waals surface area contributed by atoms with Crippen molar-refractivity contribution in [2.24, 2.45) is 11.8 Å². The van der Waals surface area contributed by atoms with Gasteiger partial charge in [0, 0.05) is 0 Å². The third kappa shape index (κ3) is 7.57. The Labute approximate surface area is 200 Å². The molecule has 0 saturated heterocycles. The van der Waals surface area contributed by atoms with E-state index in [0.29, 0.717) is 6.42 Å². The standard InChI is InChI=1S/C26H43NO5Si/c1-25(2,3)31-24(29)27-21(17-18-13-11-10-12-14-18)22(32-33(8,9)26(4,5)6)19-15-16-20(19)23(28)30-7/h10-14,19-22H,15-17H2,1-9H3,(H,27,29). The summed E-state index contributed by atoms with van der Waals surface area (Å²) >= 11 is 0. The third-order valence-electron chi connectivity index (χ3n) is 6.89. The number of ether oxygens (including phenoxy) is 2. The summed E-state index contributed by atoms with van der Waals surface area (Å²) in [5, 5.41) is 3.09. The van der Waals surface area contributed by atoms with Gasteiger partial charge in [-0.2, -0.15) is 0 Å². The quantitative estimate of drug-likeness (QED) is 0.383. The first-order chi connectivity index (χ1) is 15.1. The lowest BCUT2D eigenvalue weighted by atomic mass is 9.68. The number of carbonyl (C=O) groups excluding carboxylic acids is 2. The van der Waals surface area contributed by atoms with Crippen molar-refractivity contribution < 1.29 is 23.5 Å². The normalized spacial score (nSPS) is 20.9. The Kier molecular flexibility index (Phi) is 8.79. The average molecular weight is 478 g/mol. The first-order valence-corrected chi connectivity index (χ1v) is 14.8. The molecule has 2 rings (SSSR count). The Bertz CT molecular complexity index is 797. The Morgan fingerprint density at radius 2 is 1.67 bits per heavy atom. The molecule has 1 aliphatic carbocycles. The van der Waals surface area contributed by atoms with Gasteiger partial charge in [0.05, 0.1) is 25.2 Å². The SMILES string of the molecule is COC(=O)C1CCC1C(O[Si](C)(C)C(C)(C)C)C(Cc1ccccc1)NC(=O)OC(C)(C)C. The monoisotopic (exact) mass is 477 g/mol. The fraction of sp³-hybridized carbons (Fsp3) is 0.692. The molecule has 4 unspecified atom stereocenters. The van der Waals surface area contributed by atoms with Gasteiger partial charge in [-0.1, -0.05) is 51.1 Å². The minimum Gasteiger partial charge on any atom is -0.469 e. The predicted molar refractivity (Wildman–Crippen MR) is 134 cm³/mol. The maximum absolute atomic E-state index is 12.9. The molecule has 1 aliphatic rings. The molecule has 1 saturated carbocycles. The van der Waals surface area contributed by atoms with E-state index in [-0.39, 0.29) is 35.0 Å². The molecule has 0 bridgehead atoms. The van der Waals surface area contributed by atoms with Gasteiger partial charge in [-0.05, 0) is 69.6 Å². The van der Waals surface area contributed by atoms with Crippen LogP contribution in [0.3, 0.4) is 0 Å². The number of esters is 1. The number of methoxy groups -OCH3 is 1. The first-order valence-electron chi connectivity index (χ1n) is 11.9. The topological polar surface area (TPSA) is 73.9 Å². The molecule has 0 spiro atoms. The number of nitrogens with one attached hydrogen (secondary N) is 1. The number of hydrogen-bond acceptors (Lipinski definition) is 5. The van der Waals surface area contributed by atoms with Crippen molar-refractivity contribution in [3.63, 3.8) is 0 Å². The Morgan fingerprint density at radius 1 is 1.06 bits per heavy atom. The molecule has 7 heteroatoms. The van der Waals surface area contributed by atoms with E-state index in [9.17, 15) is 9.59 Å². The van der Waals surface area contributed by atoms with Gasteiger partial charge in [0.15, 0.2) is 8.32 Å². The molecule has 1 N–H and O–H groups in total. The molecule has 1 amide bonds. The van der Waals surface area contributed by atoms with Crippen LogP contribution >= 0.6 is 0 Å². The van der Waals surface area contributed by atoms with Gasteiger partial charge in [-0.3, -0.25) is 4.79 Å². The van der Waals surface area contributed by atoms with Gasteiger partial charge < -0.3 is 19.2 Å². The highest BCUT2D eigenvalue weighted by Crippen LogP contribution is 2.45. The molecule has 0 aliphatic heterocycles. The summed E-state index contributed by atoms with van der Waals surface area (Å²) in [6, 6.07) is 9.71. The molecule has 1 aromatic rings. The molecular weight excluding hydrogens is 434 g/mol. The van der Waals surface area contributed by atoms with Crippen LogP contribution in [0.15, 0.2) is 30.3 Å². The van der Waals surface area contributed by atoms with Crippen LogP contribution in [0.5, 0.6) is 0 Å². The van der Waals surface area contributed by atoms with Crippen LogP contribution in [-0.4, -0.2) is 45.2 Å². The van der Waals surface area contributed by atoms with Gasteiger partial charge in [0.2, 0.25) is 0 Å². The van der Waals surface area contributed by atoms with Crippen molar-refractivity contribution >= 4 is 20.4 Å². The van der Waals surface area contributed by atoms with Crippen LogP contribution in [0.4, 0.5) is 4.79 Å². The smallest absolute Gasteiger partial charge is 0.407 e. The predicted octanol–water partition coefficient (Wildman–Crippen LogP) is 5.71. The van der Waals surface area contributed by atoms with Crippen LogP contribution in [0, 0.1) is 11.8 Å². The summed E-state index contributed by atoms with van der Waals surface area (Å²) in [5.41, 5.74) is 0.485. The zero-order chi connectivity index (χ0) is 25.0. The highest BCUT2D eigenvalue weighted by molar-refractivity contribution is 6.74. The van der Waals surface area contributed by atoms with Crippen LogP contribution in [0.1, 0.15) is 59.9 Å². The Hall–Kier alpha value is -1.86. The van der Waals surface area contributed by atoms with Gasteiger partial charge in [-0.15, -0.1) is 0 Å². The molecule has 0 radical (unpaired) electrons. The van der Waals surface area contributed by atoms with E-state index in [1.807, 2.05) is 51.1 Å². The Balaban J connectivity index is 2.43. The van der Waals surface area contributed by atoms with Crippen LogP contribution in [0.25, 0.3) is 0 Å². The fourth-order valence-electron chi connectivity index (χ4n) is 3.92. The summed E-state index contributed by atoms with van der Waals surface area (Å²) in [5.74, 6) is -0.440. The summed E-state index contributed by atoms with van der Waals surface area (Å²) in [4.78, 5) is 25.3. The number of alkyl carbamates (subject to hydrolysis) is 1. The molecule has 1 fully saturated rings. The van der Waals surface area contributed by atoms with Crippen LogP contribution in [-0.2, 0) is 25.1 Å². The largest absolute Gasteiger partial charge is 0.469 e. The number of carbonyl (C=O) groups is 2. The zero-order valence-corrected chi connectivity index (χ0v) is 22.9. The van der Waals surface area contributed by atoms with E-state index in [2.05, 4.69) is 39.2 Å². The van der Waals surface area contributed by atoms with Crippen molar-refractivity contribution in [2.45, 2.75) is 96.7 Å². The molecule has 0 heterocycles. The number of benzene rings is 1. The minimum absolute atomic E-state index is 0.0149. The minimum atomic E-state index is -2.21. The van der Waals surface area contributed by atoms with Crippen molar-refractivity contribution in [1.29, 1.82) is 0 Å². The van der Waals surface area contributed by atoms with Crippen molar-refractivity contribution in [1.82, 2.24) is 5.32 Å². The molecular formula is C26H43NO5Si.